The van der Waals surface area contributed by atoms with Crippen LogP contribution in [0.5, 0.6) is 5.75 Å². The molecule has 1 unspecified atom stereocenters. The van der Waals surface area contributed by atoms with E-state index in [0.717, 1.165) is 34.8 Å². The van der Waals surface area contributed by atoms with E-state index in [4.69, 9.17) is 9.73 Å². The number of methoxy groups -OCH3 is 1. The highest BCUT2D eigenvalue weighted by molar-refractivity contribution is 5.94. The van der Waals surface area contributed by atoms with Gasteiger partial charge in [-0.1, -0.05) is 12.1 Å². The summed E-state index contributed by atoms with van der Waals surface area (Å²) in [7, 11) is 1.67. The van der Waals surface area contributed by atoms with Gasteiger partial charge in [0.2, 0.25) is 0 Å². The van der Waals surface area contributed by atoms with Crippen molar-refractivity contribution in [2.45, 2.75) is 64.5 Å². The minimum atomic E-state index is -0.925. The lowest BCUT2D eigenvalue weighted by Gasteiger charge is -2.57. The zero-order chi connectivity index (χ0) is 24.4. The van der Waals surface area contributed by atoms with Crippen LogP contribution in [0.25, 0.3) is 0 Å². The van der Waals surface area contributed by atoms with Crippen LogP contribution in [-0.2, 0) is 6.54 Å². The Morgan fingerprint density at radius 3 is 2.34 bits per heavy atom. The molecule has 0 amide bonds. The molecule has 2 aromatic rings. The van der Waals surface area contributed by atoms with Crippen molar-refractivity contribution in [2.24, 2.45) is 28.2 Å². The van der Waals surface area contributed by atoms with Gasteiger partial charge in [0.15, 0.2) is 5.96 Å². The van der Waals surface area contributed by atoms with Gasteiger partial charge >= 0.3 is 5.97 Å². The van der Waals surface area contributed by atoms with Gasteiger partial charge in [-0.05, 0) is 117 Å². The molecule has 0 heterocycles. The predicted molar refractivity (Wildman–Crippen MR) is 139 cm³/mol. The molecule has 186 valence electrons. The monoisotopic (exact) mass is 475 g/mol. The largest absolute Gasteiger partial charge is 0.497 e. The van der Waals surface area contributed by atoms with E-state index in [2.05, 4.69) is 17.6 Å². The van der Waals surface area contributed by atoms with Crippen molar-refractivity contribution in [1.29, 1.82) is 0 Å². The van der Waals surface area contributed by atoms with Crippen LogP contribution >= 0.6 is 0 Å². The first-order valence-corrected chi connectivity index (χ1v) is 12.9. The van der Waals surface area contributed by atoms with E-state index in [1.807, 2.05) is 24.3 Å². The van der Waals surface area contributed by atoms with E-state index in [1.54, 1.807) is 31.4 Å². The lowest BCUT2D eigenvalue weighted by Crippen LogP contribution is -2.49. The van der Waals surface area contributed by atoms with Crippen molar-refractivity contribution < 1.29 is 14.6 Å². The second-order valence-corrected chi connectivity index (χ2v) is 11.2. The SMILES string of the molecule is COc1cccc(CN=C(Nc2ccc(C(=O)O)cc2)NC(C)CC23CC4CC(CC(C4)C2)C3)c1. The highest BCUT2D eigenvalue weighted by atomic mass is 16.5. The molecule has 6 rings (SSSR count). The fraction of sp³-hybridized carbons (Fsp3) is 0.517. The minimum Gasteiger partial charge on any atom is -0.497 e. The summed E-state index contributed by atoms with van der Waals surface area (Å²) in [6, 6.07) is 15.1. The fourth-order valence-electron chi connectivity index (χ4n) is 7.37. The molecule has 0 radical (unpaired) electrons. The number of carboxylic acids is 1. The maximum absolute atomic E-state index is 11.2. The number of hydrogen-bond acceptors (Lipinski definition) is 3. The zero-order valence-corrected chi connectivity index (χ0v) is 20.8. The summed E-state index contributed by atoms with van der Waals surface area (Å²) in [6.45, 7) is 2.79. The van der Waals surface area contributed by atoms with Crippen LogP contribution in [0.2, 0.25) is 0 Å². The van der Waals surface area contributed by atoms with Crippen molar-refractivity contribution in [3.63, 3.8) is 0 Å². The van der Waals surface area contributed by atoms with Gasteiger partial charge in [0.25, 0.3) is 0 Å². The number of benzene rings is 2. The van der Waals surface area contributed by atoms with E-state index in [0.29, 0.717) is 24.0 Å². The van der Waals surface area contributed by atoms with E-state index < -0.39 is 5.97 Å². The molecule has 4 aliphatic rings. The number of aromatic carboxylic acids is 1. The van der Waals surface area contributed by atoms with Crippen molar-refractivity contribution in [3.05, 3.63) is 59.7 Å². The number of nitrogens with one attached hydrogen (secondary N) is 2. The molecule has 0 saturated heterocycles. The van der Waals surface area contributed by atoms with Crippen LogP contribution in [0, 0.1) is 23.2 Å². The Morgan fingerprint density at radius 2 is 1.74 bits per heavy atom. The zero-order valence-electron chi connectivity index (χ0n) is 20.8. The van der Waals surface area contributed by atoms with Gasteiger partial charge in [-0.25, -0.2) is 9.79 Å². The maximum Gasteiger partial charge on any atom is 0.335 e. The van der Waals surface area contributed by atoms with Crippen LogP contribution in [0.15, 0.2) is 53.5 Å². The van der Waals surface area contributed by atoms with E-state index in [9.17, 15) is 9.90 Å². The standard InChI is InChI=1S/C29H37N3O3/c1-19(14-29-15-21-10-22(16-29)12-23(11-21)17-29)31-28(30-18-20-4-3-5-26(13-20)35-2)32-25-8-6-24(7-9-25)27(33)34/h3-9,13,19,21-23H,10-12,14-18H2,1-2H3,(H,33,34)(H2,30,31,32). The third-order valence-electron chi connectivity index (χ3n) is 8.24. The Balaban J connectivity index is 1.30. The summed E-state index contributed by atoms with van der Waals surface area (Å²) < 4.78 is 5.36. The first kappa shape index (κ1) is 23.7. The number of ether oxygens (including phenoxy) is 1. The second-order valence-electron chi connectivity index (χ2n) is 11.2. The van der Waals surface area contributed by atoms with Gasteiger partial charge in [0.1, 0.15) is 5.75 Å². The quantitative estimate of drug-likeness (QED) is 0.325. The van der Waals surface area contributed by atoms with Crippen molar-refractivity contribution in [3.8, 4) is 5.75 Å². The van der Waals surface area contributed by atoms with Gasteiger partial charge in [-0.3, -0.25) is 0 Å². The van der Waals surface area contributed by atoms with Crippen LogP contribution in [0.1, 0.15) is 67.8 Å². The average Bonchev–Trinajstić information content (AvgIpc) is 2.81. The first-order valence-electron chi connectivity index (χ1n) is 12.9. The van der Waals surface area contributed by atoms with Crippen molar-refractivity contribution in [2.75, 3.05) is 12.4 Å². The molecule has 3 N–H and O–H groups in total. The van der Waals surface area contributed by atoms with Gasteiger partial charge in [-0.15, -0.1) is 0 Å². The Morgan fingerprint density at radius 1 is 1.09 bits per heavy atom. The average molecular weight is 476 g/mol. The van der Waals surface area contributed by atoms with Gasteiger partial charge in [0.05, 0.1) is 19.2 Å². The highest BCUT2D eigenvalue weighted by Gasteiger charge is 2.51. The third kappa shape index (κ3) is 5.63. The lowest BCUT2D eigenvalue weighted by atomic mass is 9.48. The van der Waals surface area contributed by atoms with Crippen molar-refractivity contribution >= 4 is 17.6 Å². The molecule has 0 spiro atoms. The Kier molecular flexibility index (Phi) is 6.72. The normalized spacial score (nSPS) is 27.9. The number of carbonyl (C=O) groups is 1. The molecular weight excluding hydrogens is 438 g/mol. The molecule has 1 atom stereocenters. The fourth-order valence-corrected chi connectivity index (χ4v) is 7.37. The third-order valence-corrected chi connectivity index (χ3v) is 8.24. The van der Waals surface area contributed by atoms with E-state index in [1.165, 1.54) is 44.9 Å². The molecule has 6 nitrogen and oxygen atoms in total. The number of guanidine groups is 1. The summed E-state index contributed by atoms with van der Waals surface area (Å²) in [5.74, 6) is 3.44. The highest BCUT2D eigenvalue weighted by Crippen LogP contribution is 2.61. The maximum atomic E-state index is 11.2. The summed E-state index contributed by atoms with van der Waals surface area (Å²) in [5, 5.41) is 16.3. The summed E-state index contributed by atoms with van der Waals surface area (Å²) in [4.78, 5) is 16.1. The molecule has 6 heteroatoms. The molecule has 0 aliphatic heterocycles. The molecule has 4 bridgehead atoms. The lowest BCUT2D eigenvalue weighted by molar-refractivity contribution is -0.0603. The Bertz CT molecular complexity index is 1040. The van der Waals surface area contributed by atoms with Crippen LogP contribution in [0.3, 0.4) is 0 Å². The van der Waals surface area contributed by atoms with Gasteiger partial charge in [0, 0.05) is 11.7 Å². The van der Waals surface area contributed by atoms with Gasteiger partial charge in [-0.2, -0.15) is 0 Å². The smallest absolute Gasteiger partial charge is 0.335 e. The van der Waals surface area contributed by atoms with Crippen LogP contribution in [-0.4, -0.2) is 30.2 Å². The molecule has 2 aromatic carbocycles. The number of rotatable bonds is 8. The second kappa shape index (κ2) is 9.92. The van der Waals surface area contributed by atoms with E-state index >= 15 is 0 Å². The number of nitrogens with zero attached hydrogens (tertiary/aromatic N) is 1. The van der Waals surface area contributed by atoms with Crippen molar-refractivity contribution in [1.82, 2.24) is 5.32 Å². The van der Waals surface area contributed by atoms with Crippen LogP contribution in [0.4, 0.5) is 5.69 Å². The number of anilines is 1. The van der Waals surface area contributed by atoms with Gasteiger partial charge < -0.3 is 20.5 Å². The van der Waals surface area contributed by atoms with Crippen LogP contribution < -0.4 is 15.4 Å². The Hall–Kier alpha value is -3.02. The molecular formula is C29H37N3O3. The Labute approximate surface area is 208 Å². The number of carboxylic acid groups (broad SMARTS) is 1. The first-order chi connectivity index (χ1) is 16.9. The number of hydrogen-bond donors (Lipinski definition) is 3. The minimum absolute atomic E-state index is 0.272. The number of aliphatic imine (C=N–C) groups is 1. The summed E-state index contributed by atoms with van der Waals surface area (Å²) in [5.41, 5.74) is 2.64. The molecule has 4 saturated carbocycles. The van der Waals surface area contributed by atoms with E-state index in [-0.39, 0.29) is 5.56 Å². The molecule has 4 aliphatic carbocycles. The molecule has 4 fully saturated rings. The molecule has 0 aromatic heterocycles. The topological polar surface area (TPSA) is 83.0 Å². The predicted octanol–water partition coefficient (Wildman–Crippen LogP) is 5.95. The summed E-state index contributed by atoms with van der Waals surface area (Å²) in [6.07, 6.45) is 9.74. The summed E-state index contributed by atoms with van der Waals surface area (Å²) >= 11 is 0. The molecule has 35 heavy (non-hydrogen) atoms.